The zero-order valence-electron chi connectivity index (χ0n) is 10.6. The fourth-order valence-corrected chi connectivity index (χ4v) is 2.75. The van der Waals surface area contributed by atoms with Gasteiger partial charge in [0.1, 0.15) is 0 Å². The summed E-state index contributed by atoms with van der Waals surface area (Å²) in [6, 6.07) is 2.73. The molecule has 6 nitrogen and oxygen atoms in total. The van der Waals surface area contributed by atoms with Crippen molar-refractivity contribution in [2.75, 3.05) is 0 Å². The first-order chi connectivity index (χ1) is 9.00. The Morgan fingerprint density at radius 1 is 1.47 bits per heavy atom. The summed E-state index contributed by atoms with van der Waals surface area (Å²) in [6.07, 6.45) is 3.86. The van der Waals surface area contributed by atoms with Gasteiger partial charge in [0.2, 0.25) is 0 Å². The number of nitrogens with one attached hydrogen (secondary N) is 1. The van der Waals surface area contributed by atoms with Crippen LogP contribution in [-0.4, -0.2) is 26.8 Å². The van der Waals surface area contributed by atoms with Crippen molar-refractivity contribution in [3.05, 3.63) is 27.9 Å². The highest BCUT2D eigenvalue weighted by molar-refractivity contribution is 6.21. The summed E-state index contributed by atoms with van der Waals surface area (Å²) in [7, 11) is 1.51. The van der Waals surface area contributed by atoms with Crippen LogP contribution in [-0.2, 0) is 7.05 Å². The van der Waals surface area contributed by atoms with E-state index in [4.69, 9.17) is 11.6 Å². The lowest BCUT2D eigenvalue weighted by Crippen LogP contribution is -2.43. The van der Waals surface area contributed by atoms with Crippen LogP contribution < -0.4 is 5.32 Å². The first kappa shape index (κ1) is 13.9. The van der Waals surface area contributed by atoms with Crippen LogP contribution >= 0.6 is 11.6 Å². The molecular formula is C12H16ClN3O3. The second kappa shape index (κ2) is 5.61. The second-order valence-electron chi connectivity index (χ2n) is 4.77. The van der Waals surface area contributed by atoms with Gasteiger partial charge in [0.15, 0.2) is 5.69 Å². The molecule has 7 heteroatoms. The van der Waals surface area contributed by atoms with E-state index < -0.39 is 4.92 Å². The molecule has 0 radical (unpaired) electrons. The van der Waals surface area contributed by atoms with Crippen LogP contribution in [0.5, 0.6) is 0 Å². The number of hydrogen-bond acceptors (Lipinski definition) is 3. The monoisotopic (exact) mass is 285 g/mol. The Kier molecular flexibility index (Phi) is 4.09. The maximum Gasteiger partial charge on any atom is 0.323 e. The predicted octanol–water partition coefficient (Wildman–Crippen LogP) is 2.21. The van der Waals surface area contributed by atoms with Gasteiger partial charge < -0.3 is 15.4 Å². The van der Waals surface area contributed by atoms with E-state index in [1.54, 1.807) is 0 Å². The number of amides is 1. The van der Waals surface area contributed by atoms with Crippen molar-refractivity contribution in [2.24, 2.45) is 7.05 Å². The Morgan fingerprint density at radius 3 is 2.74 bits per heavy atom. The van der Waals surface area contributed by atoms with Crippen molar-refractivity contribution in [3.8, 4) is 0 Å². The first-order valence-corrected chi connectivity index (χ1v) is 6.69. The molecule has 1 amide bonds. The van der Waals surface area contributed by atoms with Crippen LogP contribution in [0.4, 0.5) is 5.82 Å². The van der Waals surface area contributed by atoms with Crippen molar-refractivity contribution in [1.82, 2.24) is 9.88 Å². The summed E-state index contributed by atoms with van der Waals surface area (Å²) in [4.78, 5) is 22.3. The normalized spacial score (nSPS) is 23.1. The minimum absolute atomic E-state index is 0.0585. The quantitative estimate of drug-likeness (QED) is 0.525. The van der Waals surface area contributed by atoms with Crippen molar-refractivity contribution in [3.63, 3.8) is 0 Å². The summed E-state index contributed by atoms with van der Waals surface area (Å²) in [5.74, 6) is -0.413. The molecule has 2 rings (SSSR count). The van der Waals surface area contributed by atoms with Gasteiger partial charge in [-0.3, -0.25) is 4.79 Å². The standard InChI is InChI=1S/C12H16ClN3O3/c1-15-10(6-7-11(15)16(18)19)12(17)14-9-5-3-2-4-8(9)13/h6-9H,2-5H2,1H3,(H,14,17). The van der Waals surface area contributed by atoms with E-state index in [9.17, 15) is 14.9 Å². The Hall–Kier alpha value is -1.56. The van der Waals surface area contributed by atoms with Crippen molar-refractivity contribution >= 4 is 23.3 Å². The molecular weight excluding hydrogens is 270 g/mol. The Balaban J connectivity index is 2.09. The number of nitrogens with zero attached hydrogens (tertiary/aromatic N) is 2. The number of carbonyl (C=O) groups excluding carboxylic acids is 1. The largest absolute Gasteiger partial charge is 0.358 e. The molecule has 2 atom stereocenters. The second-order valence-corrected chi connectivity index (χ2v) is 5.33. The molecule has 0 bridgehead atoms. The van der Waals surface area contributed by atoms with Gasteiger partial charge in [0.05, 0.1) is 12.4 Å². The number of carbonyl (C=O) groups is 1. The average Bonchev–Trinajstić information content (AvgIpc) is 2.74. The fourth-order valence-electron chi connectivity index (χ4n) is 2.40. The number of hydrogen-bond donors (Lipinski definition) is 1. The third kappa shape index (κ3) is 2.89. The molecule has 104 valence electrons. The van der Waals surface area contributed by atoms with E-state index in [-0.39, 0.29) is 28.8 Å². The van der Waals surface area contributed by atoms with E-state index in [1.165, 1.54) is 23.7 Å². The number of aromatic nitrogens is 1. The minimum Gasteiger partial charge on any atom is -0.358 e. The summed E-state index contributed by atoms with van der Waals surface area (Å²) in [5.41, 5.74) is 0.279. The van der Waals surface area contributed by atoms with Gasteiger partial charge >= 0.3 is 5.82 Å². The molecule has 1 aliphatic carbocycles. The lowest BCUT2D eigenvalue weighted by molar-refractivity contribution is -0.391. The van der Waals surface area contributed by atoms with Gasteiger partial charge in [-0.1, -0.05) is 12.8 Å². The summed E-state index contributed by atoms with van der Waals surface area (Å²) in [5, 5.41) is 13.5. The molecule has 1 saturated carbocycles. The van der Waals surface area contributed by atoms with Gasteiger partial charge in [-0.2, -0.15) is 0 Å². The highest BCUT2D eigenvalue weighted by Crippen LogP contribution is 2.23. The SMILES string of the molecule is Cn1c(C(=O)NC2CCCCC2Cl)ccc1[N+](=O)[O-]. The molecule has 19 heavy (non-hydrogen) atoms. The molecule has 1 heterocycles. The third-order valence-electron chi connectivity index (χ3n) is 3.51. The average molecular weight is 286 g/mol. The van der Waals surface area contributed by atoms with Gasteiger partial charge in [-0.05, 0) is 23.8 Å². The molecule has 1 aromatic heterocycles. The third-order valence-corrected chi connectivity index (χ3v) is 4.04. The molecule has 0 aliphatic heterocycles. The van der Waals surface area contributed by atoms with E-state index in [2.05, 4.69) is 5.32 Å². The number of alkyl halides is 1. The highest BCUT2D eigenvalue weighted by atomic mass is 35.5. The van der Waals surface area contributed by atoms with Gasteiger partial charge in [0, 0.05) is 12.1 Å². The van der Waals surface area contributed by atoms with Gasteiger partial charge in [-0.15, -0.1) is 11.6 Å². The molecule has 1 aromatic rings. The highest BCUT2D eigenvalue weighted by Gasteiger charge is 2.27. The lowest BCUT2D eigenvalue weighted by Gasteiger charge is -2.27. The van der Waals surface area contributed by atoms with E-state index in [1.807, 2.05) is 0 Å². The molecule has 0 saturated heterocycles. The van der Waals surface area contributed by atoms with Crippen LogP contribution in [0.15, 0.2) is 12.1 Å². The van der Waals surface area contributed by atoms with Crippen molar-refractivity contribution in [2.45, 2.75) is 37.1 Å². The summed E-state index contributed by atoms with van der Waals surface area (Å²) >= 11 is 6.18. The van der Waals surface area contributed by atoms with Gasteiger partial charge in [-0.25, -0.2) is 4.57 Å². The molecule has 0 aromatic carbocycles. The molecule has 2 unspecified atom stereocenters. The Morgan fingerprint density at radius 2 is 2.16 bits per heavy atom. The zero-order chi connectivity index (χ0) is 14.0. The van der Waals surface area contributed by atoms with Crippen LogP contribution in [0.3, 0.4) is 0 Å². The van der Waals surface area contributed by atoms with Crippen LogP contribution in [0, 0.1) is 10.1 Å². The van der Waals surface area contributed by atoms with E-state index in [0.29, 0.717) is 0 Å². The van der Waals surface area contributed by atoms with E-state index >= 15 is 0 Å². The predicted molar refractivity (Wildman–Crippen MR) is 71.4 cm³/mol. The van der Waals surface area contributed by atoms with Crippen molar-refractivity contribution < 1.29 is 9.72 Å². The van der Waals surface area contributed by atoms with Crippen molar-refractivity contribution in [1.29, 1.82) is 0 Å². The molecule has 1 fully saturated rings. The number of rotatable bonds is 3. The van der Waals surface area contributed by atoms with Crippen LogP contribution in [0.2, 0.25) is 0 Å². The maximum atomic E-state index is 12.1. The van der Waals surface area contributed by atoms with Crippen LogP contribution in [0.25, 0.3) is 0 Å². The molecule has 1 N–H and O–H groups in total. The fraction of sp³-hybridized carbons (Fsp3) is 0.583. The zero-order valence-corrected chi connectivity index (χ0v) is 11.4. The summed E-state index contributed by atoms with van der Waals surface area (Å²) in [6.45, 7) is 0. The number of halogens is 1. The van der Waals surface area contributed by atoms with Crippen LogP contribution in [0.1, 0.15) is 36.2 Å². The maximum absolute atomic E-state index is 12.1. The lowest BCUT2D eigenvalue weighted by atomic mass is 9.95. The Labute approximate surface area is 115 Å². The Bertz CT molecular complexity index is 500. The molecule has 1 aliphatic rings. The first-order valence-electron chi connectivity index (χ1n) is 6.25. The summed E-state index contributed by atoms with van der Waals surface area (Å²) < 4.78 is 1.28. The minimum atomic E-state index is -0.512. The topological polar surface area (TPSA) is 77.2 Å². The number of nitro groups is 1. The van der Waals surface area contributed by atoms with Gasteiger partial charge in [0.25, 0.3) is 5.91 Å². The smallest absolute Gasteiger partial charge is 0.323 e. The molecule has 0 spiro atoms. The van der Waals surface area contributed by atoms with E-state index in [0.717, 1.165) is 25.7 Å².